The van der Waals surface area contributed by atoms with Gasteiger partial charge in [0.25, 0.3) is 0 Å². The summed E-state index contributed by atoms with van der Waals surface area (Å²) in [5.41, 5.74) is 3.56. The predicted octanol–water partition coefficient (Wildman–Crippen LogP) is 4.76. The van der Waals surface area contributed by atoms with Crippen LogP contribution in [0.4, 0.5) is 5.82 Å². The average molecular weight is 422 g/mol. The van der Waals surface area contributed by atoms with Gasteiger partial charge in [-0.1, -0.05) is 35.4 Å². The highest BCUT2D eigenvalue weighted by molar-refractivity contribution is 6.30. The van der Waals surface area contributed by atoms with Gasteiger partial charge < -0.3 is 9.73 Å². The molecule has 0 spiro atoms. The summed E-state index contributed by atoms with van der Waals surface area (Å²) < 4.78 is 7.34. The molecule has 4 aromatic rings. The van der Waals surface area contributed by atoms with Gasteiger partial charge in [0.1, 0.15) is 5.82 Å². The summed E-state index contributed by atoms with van der Waals surface area (Å²) in [5.74, 6) is 1.26. The Bertz CT molecular complexity index is 1180. The van der Waals surface area contributed by atoms with E-state index in [4.69, 9.17) is 16.0 Å². The van der Waals surface area contributed by atoms with E-state index in [1.807, 2.05) is 50.2 Å². The molecule has 2 heterocycles. The van der Waals surface area contributed by atoms with E-state index in [0.717, 1.165) is 22.5 Å². The van der Waals surface area contributed by atoms with E-state index in [-0.39, 0.29) is 12.3 Å². The summed E-state index contributed by atoms with van der Waals surface area (Å²) >= 11 is 6.08. The first-order valence-electron chi connectivity index (χ1n) is 9.50. The van der Waals surface area contributed by atoms with Crippen molar-refractivity contribution in [3.05, 3.63) is 76.8 Å². The van der Waals surface area contributed by atoms with E-state index in [2.05, 4.69) is 20.6 Å². The molecule has 7 nitrogen and oxygen atoms in total. The molecule has 0 aliphatic carbocycles. The van der Waals surface area contributed by atoms with E-state index < -0.39 is 0 Å². The van der Waals surface area contributed by atoms with E-state index in [9.17, 15) is 4.79 Å². The molecule has 0 bridgehead atoms. The van der Waals surface area contributed by atoms with Gasteiger partial charge in [-0.05, 0) is 44.2 Å². The van der Waals surface area contributed by atoms with Crippen LogP contribution in [0.3, 0.4) is 0 Å². The molecule has 0 aliphatic heterocycles. The lowest BCUT2D eigenvalue weighted by Gasteiger charge is -2.09. The van der Waals surface area contributed by atoms with Gasteiger partial charge in [0.15, 0.2) is 0 Å². The number of nitrogens with one attached hydrogen (secondary N) is 1. The molecule has 1 amide bonds. The lowest BCUT2D eigenvalue weighted by Crippen LogP contribution is -2.15. The fourth-order valence-electron chi connectivity index (χ4n) is 2.99. The molecular weight excluding hydrogens is 402 g/mol. The number of carbonyl (C=O) groups excluding carboxylic acids is 1. The Balaban J connectivity index is 1.41. The minimum atomic E-state index is -0.173. The minimum absolute atomic E-state index is 0.173. The fraction of sp³-hybridized carbons (Fsp3) is 0.182. The Morgan fingerprint density at radius 3 is 2.67 bits per heavy atom. The highest BCUT2D eigenvalue weighted by atomic mass is 35.5. The summed E-state index contributed by atoms with van der Waals surface area (Å²) in [4.78, 5) is 12.5. The van der Waals surface area contributed by atoms with Gasteiger partial charge >= 0.3 is 0 Å². The molecule has 0 atom stereocenters. The topological polar surface area (TPSA) is 85.8 Å². The van der Waals surface area contributed by atoms with Crippen LogP contribution in [0.15, 0.2) is 59.0 Å². The smallest absolute Gasteiger partial charge is 0.247 e. The van der Waals surface area contributed by atoms with Gasteiger partial charge in [-0.3, -0.25) is 4.79 Å². The largest absolute Gasteiger partial charge is 0.421 e. The van der Waals surface area contributed by atoms with Crippen LogP contribution in [-0.4, -0.2) is 25.9 Å². The van der Waals surface area contributed by atoms with Crippen molar-refractivity contribution in [3.63, 3.8) is 0 Å². The van der Waals surface area contributed by atoms with Crippen LogP contribution < -0.4 is 5.32 Å². The van der Waals surface area contributed by atoms with Crippen molar-refractivity contribution in [2.24, 2.45) is 0 Å². The minimum Gasteiger partial charge on any atom is -0.421 e. The van der Waals surface area contributed by atoms with Crippen molar-refractivity contribution in [1.29, 1.82) is 0 Å². The summed E-state index contributed by atoms with van der Waals surface area (Å²) in [6.07, 6.45) is 0.546. The van der Waals surface area contributed by atoms with Gasteiger partial charge in [0, 0.05) is 29.5 Å². The number of rotatable bonds is 6. The normalized spacial score (nSPS) is 10.9. The maximum Gasteiger partial charge on any atom is 0.247 e. The second kappa shape index (κ2) is 8.51. The Hall–Kier alpha value is -3.45. The maximum absolute atomic E-state index is 12.5. The first-order chi connectivity index (χ1) is 14.5. The maximum atomic E-state index is 12.5. The van der Waals surface area contributed by atoms with Crippen molar-refractivity contribution in [3.8, 4) is 17.1 Å². The van der Waals surface area contributed by atoms with Crippen LogP contribution >= 0.6 is 11.6 Å². The Morgan fingerprint density at radius 2 is 1.90 bits per heavy atom. The van der Waals surface area contributed by atoms with Crippen LogP contribution in [-0.2, 0) is 11.2 Å². The van der Waals surface area contributed by atoms with E-state index in [1.54, 1.807) is 22.9 Å². The number of halogens is 1. The molecule has 0 radical (unpaired) electrons. The molecule has 0 aliphatic rings. The number of aromatic nitrogens is 4. The molecule has 8 heteroatoms. The number of amides is 1. The number of hydrogen-bond acceptors (Lipinski definition) is 5. The molecule has 0 fully saturated rings. The molecular formula is C22H20ClN5O2. The van der Waals surface area contributed by atoms with Crippen molar-refractivity contribution in [2.45, 2.75) is 26.7 Å². The summed E-state index contributed by atoms with van der Waals surface area (Å²) in [6, 6.07) is 16.9. The monoisotopic (exact) mass is 421 g/mol. The number of carbonyl (C=O) groups is 1. The SMILES string of the molecule is Cc1ccc(-c2nnc(CCC(=O)Nc3cc(C)nn3-c3cccc(Cl)c3)o2)cc1. The molecule has 152 valence electrons. The Kier molecular flexibility index (Phi) is 5.63. The van der Waals surface area contributed by atoms with Gasteiger partial charge in [0.05, 0.1) is 11.4 Å². The number of anilines is 1. The average Bonchev–Trinajstić information content (AvgIpc) is 3.33. The van der Waals surface area contributed by atoms with Crippen LogP contribution in [0.25, 0.3) is 17.1 Å². The second-order valence-electron chi connectivity index (χ2n) is 6.98. The quantitative estimate of drug-likeness (QED) is 0.485. The van der Waals surface area contributed by atoms with Crippen molar-refractivity contribution < 1.29 is 9.21 Å². The van der Waals surface area contributed by atoms with Crippen LogP contribution in [0.5, 0.6) is 0 Å². The van der Waals surface area contributed by atoms with E-state index in [0.29, 0.717) is 29.0 Å². The summed E-state index contributed by atoms with van der Waals surface area (Å²) in [5, 5.41) is 16.0. The zero-order valence-corrected chi connectivity index (χ0v) is 17.3. The number of benzene rings is 2. The van der Waals surface area contributed by atoms with Gasteiger partial charge in [-0.2, -0.15) is 5.10 Å². The Morgan fingerprint density at radius 1 is 1.10 bits per heavy atom. The first kappa shape index (κ1) is 19.8. The van der Waals surface area contributed by atoms with Crippen LogP contribution in [0, 0.1) is 13.8 Å². The Labute approximate surface area is 178 Å². The summed E-state index contributed by atoms with van der Waals surface area (Å²) in [6.45, 7) is 3.88. The first-order valence-corrected chi connectivity index (χ1v) is 9.87. The van der Waals surface area contributed by atoms with Gasteiger partial charge in [-0.15, -0.1) is 10.2 Å². The molecule has 30 heavy (non-hydrogen) atoms. The molecule has 0 saturated heterocycles. The molecule has 0 unspecified atom stereocenters. The van der Waals surface area contributed by atoms with Crippen molar-refractivity contribution in [1.82, 2.24) is 20.0 Å². The molecule has 4 rings (SSSR count). The number of nitrogens with zero attached hydrogens (tertiary/aromatic N) is 4. The number of aryl methyl sites for hydroxylation is 3. The van der Waals surface area contributed by atoms with E-state index in [1.165, 1.54) is 0 Å². The predicted molar refractivity (Wildman–Crippen MR) is 115 cm³/mol. The molecule has 0 saturated carbocycles. The lowest BCUT2D eigenvalue weighted by molar-refractivity contribution is -0.116. The molecule has 2 aromatic carbocycles. The van der Waals surface area contributed by atoms with E-state index >= 15 is 0 Å². The van der Waals surface area contributed by atoms with Gasteiger partial charge in [-0.25, -0.2) is 4.68 Å². The third-order valence-electron chi connectivity index (χ3n) is 4.48. The number of hydrogen-bond donors (Lipinski definition) is 1. The fourth-order valence-corrected chi connectivity index (χ4v) is 3.17. The highest BCUT2D eigenvalue weighted by Gasteiger charge is 2.14. The third-order valence-corrected chi connectivity index (χ3v) is 4.72. The zero-order valence-electron chi connectivity index (χ0n) is 16.6. The van der Waals surface area contributed by atoms with Crippen molar-refractivity contribution >= 4 is 23.3 Å². The van der Waals surface area contributed by atoms with Crippen LogP contribution in [0.1, 0.15) is 23.6 Å². The lowest BCUT2D eigenvalue weighted by atomic mass is 10.1. The highest BCUT2D eigenvalue weighted by Crippen LogP contribution is 2.21. The zero-order chi connectivity index (χ0) is 21.1. The molecule has 2 aromatic heterocycles. The van der Waals surface area contributed by atoms with Gasteiger partial charge in [0.2, 0.25) is 17.7 Å². The third kappa shape index (κ3) is 4.58. The second-order valence-corrected chi connectivity index (χ2v) is 7.41. The molecule has 1 N–H and O–H groups in total. The van der Waals surface area contributed by atoms with Crippen molar-refractivity contribution in [2.75, 3.05) is 5.32 Å². The summed E-state index contributed by atoms with van der Waals surface area (Å²) in [7, 11) is 0. The van der Waals surface area contributed by atoms with Crippen LogP contribution in [0.2, 0.25) is 5.02 Å². The standard InChI is InChI=1S/C22H20ClN5O2/c1-14-6-8-16(9-7-14)22-26-25-21(30-22)11-10-20(29)24-19-12-15(2)27-28(19)18-5-3-4-17(23)13-18/h3-9,12-13H,10-11H2,1-2H3,(H,24,29).